The zero-order chi connectivity index (χ0) is 24.6. The lowest BCUT2D eigenvalue weighted by Gasteiger charge is -2.28. The SMILES string of the molecule is CCCCN(CC(=O)N(Cc1ccc2c(c1)OCO2)Cc1sccc1C)C(=O)Nc1ccccc1. The van der Waals surface area contributed by atoms with Crippen molar-refractivity contribution >= 4 is 29.0 Å². The van der Waals surface area contributed by atoms with Crippen LogP contribution in [0.1, 0.15) is 35.8 Å². The summed E-state index contributed by atoms with van der Waals surface area (Å²) in [6.45, 7) is 5.74. The molecule has 0 fully saturated rings. The van der Waals surface area contributed by atoms with Crippen molar-refractivity contribution in [1.82, 2.24) is 9.80 Å². The van der Waals surface area contributed by atoms with Gasteiger partial charge in [-0.3, -0.25) is 4.79 Å². The van der Waals surface area contributed by atoms with Crippen molar-refractivity contribution in [2.24, 2.45) is 0 Å². The molecule has 0 radical (unpaired) electrons. The molecular weight excluding hydrogens is 462 g/mol. The molecule has 0 unspecified atom stereocenters. The third-order valence-corrected chi connectivity index (χ3v) is 6.89. The van der Waals surface area contributed by atoms with E-state index in [1.807, 2.05) is 58.8 Å². The van der Waals surface area contributed by atoms with Gasteiger partial charge in [0, 0.05) is 23.7 Å². The number of nitrogens with zero attached hydrogens (tertiary/aromatic N) is 2. The molecule has 4 rings (SSSR count). The molecule has 35 heavy (non-hydrogen) atoms. The fourth-order valence-electron chi connectivity index (χ4n) is 3.82. The Morgan fingerprint density at radius 3 is 2.54 bits per heavy atom. The topological polar surface area (TPSA) is 71.1 Å². The quantitative estimate of drug-likeness (QED) is 0.396. The first-order chi connectivity index (χ1) is 17.0. The van der Waals surface area contributed by atoms with E-state index in [1.54, 1.807) is 16.2 Å². The maximum atomic E-state index is 13.6. The molecule has 1 aliphatic heterocycles. The molecule has 0 aliphatic carbocycles. The Hall–Kier alpha value is -3.52. The minimum atomic E-state index is -0.270. The number of hydrogen-bond donors (Lipinski definition) is 1. The van der Waals surface area contributed by atoms with Crippen molar-refractivity contribution in [2.75, 3.05) is 25.2 Å². The van der Waals surface area contributed by atoms with Crippen LogP contribution < -0.4 is 14.8 Å². The maximum Gasteiger partial charge on any atom is 0.322 e. The van der Waals surface area contributed by atoms with Gasteiger partial charge in [-0.05, 0) is 60.2 Å². The van der Waals surface area contributed by atoms with Crippen LogP contribution in [0.3, 0.4) is 0 Å². The number of urea groups is 1. The highest BCUT2D eigenvalue weighted by Crippen LogP contribution is 2.33. The Morgan fingerprint density at radius 1 is 1.00 bits per heavy atom. The number of anilines is 1. The summed E-state index contributed by atoms with van der Waals surface area (Å²) in [6, 6.07) is 16.8. The number of unbranched alkanes of at least 4 members (excludes halogenated alkanes) is 1. The highest BCUT2D eigenvalue weighted by Gasteiger charge is 2.23. The number of hydrogen-bond acceptors (Lipinski definition) is 5. The number of para-hydroxylation sites is 1. The van der Waals surface area contributed by atoms with Gasteiger partial charge in [0.1, 0.15) is 6.54 Å². The van der Waals surface area contributed by atoms with Gasteiger partial charge < -0.3 is 24.6 Å². The lowest BCUT2D eigenvalue weighted by molar-refractivity contribution is -0.133. The van der Waals surface area contributed by atoms with Crippen molar-refractivity contribution in [1.29, 1.82) is 0 Å². The molecule has 3 amide bonds. The molecular formula is C27H31N3O4S. The van der Waals surface area contributed by atoms with Gasteiger partial charge in [0.25, 0.3) is 0 Å². The number of carbonyl (C=O) groups is 2. The molecule has 7 nitrogen and oxygen atoms in total. The average Bonchev–Trinajstić information content (AvgIpc) is 3.50. The predicted molar refractivity (Wildman–Crippen MR) is 138 cm³/mol. The lowest BCUT2D eigenvalue weighted by atomic mass is 10.1. The minimum absolute atomic E-state index is 0.00758. The van der Waals surface area contributed by atoms with E-state index in [4.69, 9.17) is 9.47 Å². The van der Waals surface area contributed by atoms with Gasteiger partial charge in [-0.25, -0.2) is 4.79 Å². The molecule has 2 heterocycles. The van der Waals surface area contributed by atoms with E-state index in [0.29, 0.717) is 36.8 Å². The van der Waals surface area contributed by atoms with E-state index in [1.165, 1.54) is 0 Å². The zero-order valence-electron chi connectivity index (χ0n) is 20.2. The molecule has 3 aromatic rings. The van der Waals surface area contributed by atoms with E-state index < -0.39 is 0 Å². The van der Waals surface area contributed by atoms with E-state index in [2.05, 4.69) is 25.2 Å². The minimum Gasteiger partial charge on any atom is -0.454 e. The van der Waals surface area contributed by atoms with Crippen molar-refractivity contribution in [3.05, 3.63) is 76.0 Å². The second-order valence-corrected chi connectivity index (χ2v) is 9.54. The first kappa shape index (κ1) is 24.6. The predicted octanol–water partition coefficient (Wildman–Crippen LogP) is 5.65. The van der Waals surface area contributed by atoms with Crippen LogP contribution in [0.4, 0.5) is 10.5 Å². The Balaban J connectivity index is 1.51. The highest BCUT2D eigenvalue weighted by molar-refractivity contribution is 7.10. The van der Waals surface area contributed by atoms with Crippen LogP contribution >= 0.6 is 11.3 Å². The normalized spacial score (nSPS) is 11.8. The second-order valence-electron chi connectivity index (χ2n) is 8.54. The summed E-state index contributed by atoms with van der Waals surface area (Å²) in [4.78, 5) is 31.2. The van der Waals surface area contributed by atoms with Gasteiger partial charge in [-0.2, -0.15) is 0 Å². The lowest BCUT2D eigenvalue weighted by Crippen LogP contribution is -2.44. The number of benzene rings is 2. The average molecular weight is 494 g/mol. The van der Waals surface area contributed by atoms with E-state index in [-0.39, 0.29) is 25.3 Å². The third-order valence-electron chi connectivity index (χ3n) is 5.89. The smallest absolute Gasteiger partial charge is 0.322 e. The Bertz CT molecular complexity index is 1150. The number of fused-ring (bicyclic) bond motifs is 1. The molecule has 0 spiro atoms. The van der Waals surface area contributed by atoms with Crippen LogP contribution in [0.25, 0.3) is 0 Å². The molecule has 184 valence electrons. The summed E-state index contributed by atoms with van der Waals surface area (Å²) in [6.07, 6.45) is 1.75. The summed E-state index contributed by atoms with van der Waals surface area (Å²) in [5.41, 5.74) is 2.81. The summed E-state index contributed by atoms with van der Waals surface area (Å²) in [7, 11) is 0. The van der Waals surface area contributed by atoms with Crippen molar-refractivity contribution in [2.45, 2.75) is 39.8 Å². The van der Waals surface area contributed by atoms with Crippen LogP contribution in [-0.4, -0.2) is 41.6 Å². The van der Waals surface area contributed by atoms with Gasteiger partial charge in [0.15, 0.2) is 11.5 Å². The zero-order valence-corrected chi connectivity index (χ0v) is 21.0. The van der Waals surface area contributed by atoms with Gasteiger partial charge in [0.05, 0.1) is 6.54 Å². The number of thiophene rings is 1. The maximum absolute atomic E-state index is 13.6. The Labute approximate surface area is 210 Å². The molecule has 1 aromatic heterocycles. The summed E-state index contributed by atoms with van der Waals surface area (Å²) >= 11 is 1.64. The molecule has 2 aromatic carbocycles. The summed E-state index contributed by atoms with van der Waals surface area (Å²) in [5, 5.41) is 4.95. The second kappa shape index (κ2) is 11.8. The Morgan fingerprint density at radius 2 is 1.80 bits per heavy atom. The van der Waals surface area contributed by atoms with Crippen LogP contribution in [0.15, 0.2) is 60.0 Å². The van der Waals surface area contributed by atoms with Gasteiger partial charge in [-0.15, -0.1) is 11.3 Å². The largest absolute Gasteiger partial charge is 0.454 e. The molecule has 0 saturated carbocycles. The van der Waals surface area contributed by atoms with Crippen molar-refractivity contribution in [3.63, 3.8) is 0 Å². The van der Waals surface area contributed by atoms with Crippen molar-refractivity contribution < 1.29 is 19.1 Å². The standard InChI is InChI=1S/C27H31N3O4S/c1-3-4-13-29(27(32)28-22-8-6-5-7-9-22)18-26(31)30(17-25-20(2)12-14-35-25)16-21-10-11-23-24(15-21)34-19-33-23/h5-12,14-15H,3-4,13,16-19H2,1-2H3,(H,28,32). The Kier molecular flexibility index (Phi) is 8.26. The van der Waals surface area contributed by atoms with E-state index >= 15 is 0 Å². The molecule has 8 heteroatoms. The highest BCUT2D eigenvalue weighted by atomic mass is 32.1. The molecule has 1 N–H and O–H groups in total. The van der Waals surface area contributed by atoms with Crippen LogP contribution in [0, 0.1) is 6.92 Å². The molecule has 0 bridgehead atoms. The number of carbonyl (C=O) groups excluding carboxylic acids is 2. The van der Waals surface area contributed by atoms with E-state index in [9.17, 15) is 9.59 Å². The third kappa shape index (κ3) is 6.54. The molecule has 1 aliphatic rings. The van der Waals surface area contributed by atoms with Gasteiger partial charge in [-0.1, -0.05) is 37.6 Å². The van der Waals surface area contributed by atoms with Crippen LogP contribution in [-0.2, 0) is 17.9 Å². The summed E-state index contributed by atoms with van der Waals surface area (Å²) < 4.78 is 10.9. The molecule has 0 saturated heterocycles. The van der Waals surface area contributed by atoms with Gasteiger partial charge in [0.2, 0.25) is 12.7 Å². The number of ether oxygens (including phenoxy) is 2. The number of rotatable bonds is 10. The van der Waals surface area contributed by atoms with Crippen LogP contribution in [0.2, 0.25) is 0 Å². The fourth-order valence-corrected chi connectivity index (χ4v) is 4.74. The fraction of sp³-hybridized carbons (Fsp3) is 0.333. The molecule has 0 atom stereocenters. The first-order valence-corrected chi connectivity index (χ1v) is 12.7. The van der Waals surface area contributed by atoms with Crippen molar-refractivity contribution in [3.8, 4) is 11.5 Å². The summed E-state index contributed by atoms with van der Waals surface area (Å²) in [5.74, 6) is 1.30. The number of nitrogens with one attached hydrogen (secondary N) is 1. The monoisotopic (exact) mass is 493 g/mol. The van der Waals surface area contributed by atoms with Gasteiger partial charge >= 0.3 is 6.03 Å². The first-order valence-electron chi connectivity index (χ1n) is 11.8. The van der Waals surface area contributed by atoms with Crippen LogP contribution in [0.5, 0.6) is 11.5 Å². The number of aryl methyl sites for hydroxylation is 1. The number of amides is 3. The van der Waals surface area contributed by atoms with E-state index in [0.717, 1.165) is 28.8 Å².